The fraction of sp³-hybridized carbons (Fsp3) is 0.222. The molecular formula is C9H11N3O2S3. The summed E-state index contributed by atoms with van der Waals surface area (Å²) in [5, 5.41) is 2.08. The van der Waals surface area contributed by atoms with E-state index in [1.165, 1.54) is 22.7 Å². The first-order valence-electron chi connectivity index (χ1n) is 4.74. The van der Waals surface area contributed by atoms with Gasteiger partial charge < -0.3 is 5.73 Å². The van der Waals surface area contributed by atoms with Crippen LogP contribution < -0.4 is 10.5 Å². The first kappa shape index (κ1) is 12.5. The summed E-state index contributed by atoms with van der Waals surface area (Å²) in [6, 6.07) is 1.55. The van der Waals surface area contributed by atoms with E-state index in [4.69, 9.17) is 5.73 Å². The molecule has 3 N–H and O–H groups in total. The van der Waals surface area contributed by atoms with Crippen LogP contribution in [0.5, 0.6) is 0 Å². The number of nitrogens with one attached hydrogen (secondary N) is 1. The minimum atomic E-state index is -3.57. The van der Waals surface area contributed by atoms with Crippen LogP contribution in [0.2, 0.25) is 0 Å². The molecule has 0 saturated carbocycles. The molecule has 2 rings (SSSR count). The number of hydrogen-bond acceptors (Lipinski definition) is 6. The molecule has 17 heavy (non-hydrogen) atoms. The van der Waals surface area contributed by atoms with E-state index in [9.17, 15) is 8.42 Å². The highest BCUT2D eigenvalue weighted by molar-refractivity contribution is 7.93. The lowest BCUT2D eigenvalue weighted by molar-refractivity contribution is 0.600. The Labute approximate surface area is 107 Å². The van der Waals surface area contributed by atoms with E-state index in [1.807, 2.05) is 6.92 Å². The molecule has 92 valence electrons. The van der Waals surface area contributed by atoms with Gasteiger partial charge in [-0.3, -0.25) is 4.72 Å². The number of sulfonamides is 1. The number of rotatable bonds is 4. The van der Waals surface area contributed by atoms with E-state index in [-0.39, 0.29) is 11.4 Å². The van der Waals surface area contributed by atoms with Crippen LogP contribution in [-0.4, -0.2) is 13.4 Å². The molecule has 0 unspecified atom stereocenters. The SMILES string of the molecule is Cc1cnc(NS(=O)(=O)c2ccsc2CN)s1. The molecule has 5 nitrogen and oxygen atoms in total. The maximum absolute atomic E-state index is 12.1. The van der Waals surface area contributed by atoms with Crippen molar-refractivity contribution in [3.63, 3.8) is 0 Å². The van der Waals surface area contributed by atoms with Crippen LogP contribution in [0.25, 0.3) is 0 Å². The van der Waals surface area contributed by atoms with Gasteiger partial charge in [-0.15, -0.1) is 22.7 Å². The molecule has 2 aromatic rings. The van der Waals surface area contributed by atoms with Gasteiger partial charge in [0.05, 0.1) is 0 Å². The topological polar surface area (TPSA) is 85.1 Å². The number of thiophene rings is 1. The van der Waals surface area contributed by atoms with Crippen molar-refractivity contribution in [2.24, 2.45) is 5.73 Å². The predicted octanol–water partition coefficient (Wildman–Crippen LogP) is 1.77. The van der Waals surface area contributed by atoms with E-state index in [2.05, 4.69) is 9.71 Å². The summed E-state index contributed by atoms with van der Waals surface area (Å²) >= 11 is 2.63. The Kier molecular flexibility index (Phi) is 3.48. The van der Waals surface area contributed by atoms with Gasteiger partial charge in [-0.2, -0.15) is 0 Å². The Morgan fingerprint density at radius 3 is 2.88 bits per heavy atom. The Morgan fingerprint density at radius 1 is 1.53 bits per heavy atom. The summed E-state index contributed by atoms with van der Waals surface area (Å²) < 4.78 is 26.6. The highest BCUT2D eigenvalue weighted by atomic mass is 32.2. The fourth-order valence-corrected chi connectivity index (χ4v) is 4.53. The van der Waals surface area contributed by atoms with Gasteiger partial charge in [-0.1, -0.05) is 0 Å². The smallest absolute Gasteiger partial charge is 0.264 e. The van der Waals surface area contributed by atoms with Gasteiger partial charge in [0.2, 0.25) is 0 Å². The molecule has 0 aliphatic rings. The van der Waals surface area contributed by atoms with Crippen LogP contribution in [0, 0.1) is 6.92 Å². The third kappa shape index (κ3) is 2.65. The molecule has 0 bridgehead atoms. The molecular weight excluding hydrogens is 278 g/mol. The van der Waals surface area contributed by atoms with Crippen molar-refractivity contribution in [2.75, 3.05) is 4.72 Å². The van der Waals surface area contributed by atoms with Crippen molar-refractivity contribution in [3.05, 3.63) is 27.4 Å². The van der Waals surface area contributed by atoms with Gasteiger partial charge >= 0.3 is 0 Å². The van der Waals surface area contributed by atoms with E-state index >= 15 is 0 Å². The van der Waals surface area contributed by atoms with Crippen LogP contribution in [0.3, 0.4) is 0 Å². The Balaban J connectivity index is 2.31. The minimum Gasteiger partial charge on any atom is -0.326 e. The summed E-state index contributed by atoms with van der Waals surface area (Å²) in [5.74, 6) is 0. The molecule has 0 saturated heterocycles. The largest absolute Gasteiger partial charge is 0.326 e. The summed E-state index contributed by atoms with van der Waals surface area (Å²) in [6.07, 6.45) is 1.62. The van der Waals surface area contributed by atoms with E-state index in [0.717, 1.165) is 4.88 Å². The third-order valence-corrected chi connectivity index (χ3v) is 5.48. The van der Waals surface area contributed by atoms with Crippen molar-refractivity contribution in [2.45, 2.75) is 18.4 Å². The number of nitrogens with two attached hydrogens (primary N) is 1. The number of aromatic nitrogens is 1. The van der Waals surface area contributed by atoms with Crippen LogP contribution in [-0.2, 0) is 16.6 Å². The number of hydrogen-bond donors (Lipinski definition) is 2. The minimum absolute atomic E-state index is 0.213. The van der Waals surface area contributed by atoms with Gasteiger partial charge in [-0.25, -0.2) is 13.4 Å². The second-order valence-corrected chi connectivity index (χ2v) is 7.18. The highest BCUT2D eigenvalue weighted by Crippen LogP contribution is 2.25. The van der Waals surface area contributed by atoms with Gasteiger partial charge in [0.1, 0.15) is 4.90 Å². The van der Waals surface area contributed by atoms with Crippen LogP contribution in [0.15, 0.2) is 22.5 Å². The van der Waals surface area contributed by atoms with Gasteiger partial charge in [0.25, 0.3) is 10.0 Å². The Hall–Kier alpha value is -0.960. The average Bonchev–Trinajstić information content (AvgIpc) is 2.86. The third-order valence-electron chi connectivity index (χ3n) is 2.02. The maximum Gasteiger partial charge on any atom is 0.264 e. The zero-order valence-electron chi connectivity index (χ0n) is 9.00. The maximum atomic E-state index is 12.1. The summed E-state index contributed by atoms with van der Waals surface area (Å²) in [5.41, 5.74) is 5.49. The van der Waals surface area contributed by atoms with Gasteiger partial charge in [-0.05, 0) is 18.4 Å². The quantitative estimate of drug-likeness (QED) is 0.898. The molecule has 2 aromatic heterocycles. The summed E-state index contributed by atoms with van der Waals surface area (Å²) in [4.78, 5) is 5.80. The number of anilines is 1. The zero-order chi connectivity index (χ0) is 12.5. The van der Waals surface area contributed by atoms with Crippen molar-refractivity contribution in [1.29, 1.82) is 0 Å². The van der Waals surface area contributed by atoms with Crippen LogP contribution >= 0.6 is 22.7 Å². The molecule has 2 heterocycles. The van der Waals surface area contributed by atoms with Crippen molar-refractivity contribution >= 4 is 37.8 Å². The second kappa shape index (κ2) is 4.73. The Bertz CT molecular complexity index is 615. The molecule has 0 spiro atoms. The highest BCUT2D eigenvalue weighted by Gasteiger charge is 2.20. The van der Waals surface area contributed by atoms with Crippen molar-refractivity contribution < 1.29 is 8.42 Å². The monoisotopic (exact) mass is 289 g/mol. The molecule has 0 aromatic carbocycles. The number of nitrogens with zero attached hydrogens (tertiary/aromatic N) is 1. The lowest BCUT2D eigenvalue weighted by atomic mass is 10.5. The van der Waals surface area contributed by atoms with Gasteiger partial charge in [0.15, 0.2) is 5.13 Å². The van der Waals surface area contributed by atoms with E-state index < -0.39 is 10.0 Å². The standard InChI is InChI=1S/C9H11N3O2S3/c1-6-5-11-9(16-6)12-17(13,14)8-2-3-15-7(8)4-10/h2-3,5H,4,10H2,1H3,(H,11,12). The normalized spacial score (nSPS) is 11.6. The summed E-state index contributed by atoms with van der Waals surface area (Å²) in [7, 11) is -3.57. The molecule has 0 amide bonds. The molecule has 0 atom stereocenters. The molecule has 0 aliphatic heterocycles. The lowest BCUT2D eigenvalue weighted by Gasteiger charge is -2.04. The molecule has 8 heteroatoms. The molecule has 0 radical (unpaired) electrons. The summed E-state index contributed by atoms with van der Waals surface area (Å²) in [6.45, 7) is 2.08. The van der Waals surface area contributed by atoms with Gasteiger partial charge in [0, 0.05) is 22.5 Å². The van der Waals surface area contributed by atoms with E-state index in [0.29, 0.717) is 10.0 Å². The Morgan fingerprint density at radius 2 is 2.29 bits per heavy atom. The number of aryl methyl sites for hydroxylation is 1. The predicted molar refractivity (Wildman–Crippen MR) is 69.9 cm³/mol. The van der Waals surface area contributed by atoms with E-state index in [1.54, 1.807) is 17.6 Å². The number of thiazole rings is 1. The first-order chi connectivity index (χ1) is 8.03. The van der Waals surface area contributed by atoms with Crippen LogP contribution in [0.4, 0.5) is 5.13 Å². The van der Waals surface area contributed by atoms with Crippen molar-refractivity contribution in [3.8, 4) is 0 Å². The van der Waals surface area contributed by atoms with Crippen molar-refractivity contribution in [1.82, 2.24) is 4.98 Å². The first-order valence-corrected chi connectivity index (χ1v) is 7.92. The van der Waals surface area contributed by atoms with Crippen LogP contribution in [0.1, 0.15) is 9.75 Å². The second-order valence-electron chi connectivity index (χ2n) is 3.29. The zero-order valence-corrected chi connectivity index (χ0v) is 11.5. The molecule has 0 aliphatic carbocycles. The fourth-order valence-electron chi connectivity index (χ4n) is 1.29. The molecule has 0 fully saturated rings. The lowest BCUT2D eigenvalue weighted by Crippen LogP contribution is -2.14. The average molecular weight is 289 g/mol.